The third kappa shape index (κ3) is 3.32. The van der Waals surface area contributed by atoms with Gasteiger partial charge in [0.1, 0.15) is 24.8 Å². The number of nitrogens with zero attached hydrogens (tertiary/aromatic N) is 3. The van der Waals surface area contributed by atoms with E-state index in [2.05, 4.69) is 10.00 Å². The number of aromatic nitrogens is 2. The van der Waals surface area contributed by atoms with Gasteiger partial charge >= 0.3 is 0 Å². The standard InChI is InChI=1S/C21H21F2N3O2/c1-14(27)18-13-24-26-9-6-16(12-20(18)26)25-8-2-3-19(25)17-11-15(23)4-5-21(17)28-10-7-22/h4-6,9,11-13,19H,2-3,7-8,10H2,1H3/t19-/m1/s1. The largest absolute Gasteiger partial charge is 0.490 e. The molecule has 0 N–H and O–H groups in total. The van der Waals surface area contributed by atoms with E-state index in [0.717, 1.165) is 30.6 Å². The number of ether oxygens (including phenoxy) is 1. The minimum atomic E-state index is -0.600. The summed E-state index contributed by atoms with van der Waals surface area (Å²) >= 11 is 0. The molecule has 0 amide bonds. The summed E-state index contributed by atoms with van der Waals surface area (Å²) in [5.41, 5.74) is 2.95. The quantitative estimate of drug-likeness (QED) is 0.592. The van der Waals surface area contributed by atoms with E-state index in [-0.39, 0.29) is 24.2 Å². The van der Waals surface area contributed by atoms with Crippen LogP contribution in [0.15, 0.2) is 42.7 Å². The lowest BCUT2D eigenvalue weighted by Crippen LogP contribution is -2.23. The van der Waals surface area contributed by atoms with E-state index in [1.54, 1.807) is 16.8 Å². The fraction of sp³-hybridized carbons (Fsp3) is 0.333. The first kappa shape index (κ1) is 18.4. The molecule has 1 saturated heterocycles. The van der Waals surface area contributed by atoms with Gasteiger partial charge in [-0.1, -0.05) is 0 Å². The molecule has 3 aromatic rings. The van der Waals surface area contributed by atoms with E-state index < -0.39 is 6.67 Å². The summed E-state index contributed by atoms with van der Waals surface area (Å²) in [4.78, 5) is 14.0. The summed E-state index contributed by atoms with van der Waals surface area (Å²) in [6, 6.07) is 8.14. The maximum Gasteiger partial charge on any atom is 0.163 e. The van der Waals surface area contributed by atoms with E-state index in [0.29, 0.717) is 16.9 Å². The maximum absolute atomic E-state index is 14.0. The molecule has 1 aliphatic rings. The average molecular weight is 385 g/mol. The van der Waals surface area contributed by atoms with Crippen LogP contribution < -0.4 is 9.64 Å². The first-order valence-corrected chi connectivity index (χ1v) is 9.31. The molecule has 7 heteroatoms. The van der Waals surface area contributed by atoms with Crippen molar-refractivity contribution in [2.45, 2.75) is 25.8 Å². The van der Waals surface area contributed by atoms with Gasteiger partial charge in [0.25, 0.3) is 0 Å². The number of hydrogen-bond acceptors (Lipinski definition) is 4. The van der Waals surface area contributed by atoms with Gasteiger partial charge in [0.05, 0.1) is 23.3 Å². The summed E-state index contributed by atoms with van der Waals surface area (Å²) < 4.78 is 33.7. The van der Waals surface area contributed by atoms with Crippen molar-refractivity contribution in [2.24, 2.45) is 0 Å². The SMILES string of the molecule is CC(=O)c1cnn2ccc(N3CCC[C@@H]3c3cc(F)ccc3OCCF)cc12. The molecule has 0 unspecified atom stereocenters. The van der Waals surface area contributed by atoms with Crippen LogP contribution in [0.2, 0.25) is 0 Å². The Morgan fingerprint density at radius 1 is 1.32 bits per heavy atom. The van der Waals surface area contributed by atoms with Crippen LogP contribution in [0.3, 0.4) is 0 Å². The van der Waals surface area contributed by atoms with E-state index in [1.165, 1.54) is 19.1 Å². The molecule has 28 heavy (non-hydrogen) atoms. The third-order valence-electron chi connectivity index (χ3n) is 5.13. The highest BCUT2D eigenvalue weighted by Crippen LogP contribution is 2.40. The van der Waals surface area contributed by atoms with Crippen LogP contribution in [0, 0.1) is 5.82 Å². The number of hydrogen-bond donors (Lipinski definition) is 0. The van der Waals surface area contributed by atoms with Crippen molar-refractivity contribution < 1.29 is 18.3 Å². The topological polar surface area (TPSA) is 46.8 Å². The Morgan fingerprint density at radius 2 is 2.18 bits per heavy atom. The van der Waals surface area contributed by atoms with E-state index in [1.807, 2.05) is 18.3 Å². The number of fused-ring (bicyclic) bond motifs is 1. The monoisotopic (exact) mass is 385 g/mol. The highest BCUT2D eigenvalue weighted by atomic mass is 19.1. The average Bonchev–Trinajstić information content (AvgIpc) is 3.33. The van der Waals surface area contributed by atoms with Crippen LogP contribution >= 0.6 is 0 Å². The molecule has 4 rings (SSSR count). The van der Waals surface area contributed by atoms with Crippen LogP contribution in [0.25, 0.3) is 5.52 Å². The van der Waals surface area contributed by atoms with Gasteiger partial charge in [0.15, 0.2) is 5.78 Å². The van der Waals surface area contributed by atoms with Crippen LogP contribution in [-0.2, 0) is 0 Å². The van der Waals surface area contributed by atoms with Crippen LogP contribution in [0.5, 0.6) is 5.75 Å². The number of pyridine rings is 1. The summed E-state index contributed by atoms with van der Waals surface area (Å²) in [6.45, 7) is 1.65. The zero-order valence-electron chi connectivity index (χ0n) is 15.6. The fourth-order valence-corrected chi connectivity index (χ4v) is 3.88. The zero-order chi connectivity index (χ0) is 19.7. The Balaban J connectivity index is 1.73. The number of carbonyl (C=O) groups is 1. The van der Waals surface area contributed by atoms with Crippen molar-refractivity contribution in [1.82, 2.24) is 9.61 Å². The van der Waals surface area contributed by atoms with E-state index in [4.69, 9.17) is 4.74 Å². The highest BCUT2D eigenvalue weighted by molar-refractivity contribution is 6.00. The molecular weight excluding hydrogens is 364 g/mol. The van der Waals surface area contributed by atoms with Gasteiger partial charge in [-0.15, -0.1) is 0 Å². The van der Waals surface area contributed by atoms with Crippen molar-refractivity contribution in [2.75, 3.05) is 24.7 Å². The van der Waals surface area contributed by atoms with Crippen LogP contribution in [0.4, 0.5) is 14.5 Å². The second-order valence-corrected chi connectivity index (χ2v) is 6.90. The van der Waals surface area contributed by atoms with Crippen molar-refractivity contribution in [1.29, 1.82) is 0 Å². The number of rotatable bonds is 6. The minimum absolute atomic E-state index is 0.0443. The van der Waals surface area contributed by atoms with Gasteiger partial charge in [-0.3, -0.25) is 4.79 Å². The lowest BCUT2D eigenvalue weighted by atomic mass is 10.0. The Hall–Kier alpha value is -2.96. The van der Waals surface area contributed by atoms with Crippen molar-refractivity contribution in [3.63, 3.8) is 0 Å². The normalized spacial score (nSPS) is 16.7. The molecular formula is C21H21F2N3O2. The van der Waals surface area contributed by atoms with Crippen molar-refractivity contribution in [3.8, 4) is 5.75 Å². The van der Waals surface area contributed by atoms with E-state index >= 15 is 0 Å². The second kappa shape index (κ2) is 7.58. The van der Waals surface area contributed by atoms with Gasteiger partial charge in [-0.25, -0.2) is 13.3 Å². The van der Waals surface area contributed by atoms with Gasteiger partial charge < -0.3 is 9.64 Å². The van der Waals surface area contributed by atoms with Gasteiger partial charge in [0.2, 0.25) is 0 Å². The molecule has 0 radical (unpaired) electrons. The van der Waals surface area contributed by atoms with Gasteiger partial charge in [0, 0.05) is 24.0 Å². The van der Waals surface area contributed by atoms with Gasteiger partial charge in [-0.2, -0.15) is 5.10 Å². The molecule has 0 aliphatic carbocycles. The Kier molecular flexibility index (Phi) is 4.98. The number of carbonyl (C=O) groups excluding carboxylic acids is 1. The number of ketones is 1. The summed E-state index contributed by atoms with van der Waals surface area (Å²) in [5, 5.41) is 4.22. The van der Waals surface area contributed by atoms with Crippen LogP contribution in [-0.4, -0.2) is 35.2 Å². The predicted octanol–water partition coefficient (Wildman–Crippen LogP) is 4.37. The van der Waals surface area contributed by atoms with E-state index in [9.17, 15) is 13.6 Å². The fourth-order valence-electron chi connectivity index (χ4n) is 3.88. The smallest absolute Gasteiger partial charge is 0.163 e. The third-order valence-corrected chi connectivity index (χ3v) is 5.13. The molecule has 146 valence electrons. The summed E-state index contributed by atoms with van der Waals surface area (Å²) in [7, 11) is 0. The Bertz CT molecular complexity index is 1020. The number of benzene rings is 1. The predicted molar refractivity (Wildman–Crippen MR) is 102 cm³/mol. The molecule has 1 aromatic carbocycles. The minimum Gasteiger partial charge on any atom is -0.490 e. The van der Waals surface area contributed by atoms with Crippen molar-refractivity contribution in [3.05, 3.63) is 59.7 Å². The molecule has 5 nitrogen and oxygen atoms in total. The van der Waals surface area contributed by atoms with Crippen LogP contribution in [0.1, 0.15) is 41.7 Å². The Labute approximate surface area is 161 Å². The maximum atomic E-state index is 14.0. The molecule has 1 fully saturated rings. The Morgan fingerprint density at radius 3 is 2.96 bits per heavy atom. The lowest BCUT2D eigenvalue weighted by Gasteiger charge is -2.28. The molecule has 3 heterocycles. The van der Waals surface area contributed by atoms with Gasteiger partial charge in [-0.05, 0) is 50.1 Å². The highest BCUT2D eigenvalue weighted by Gasteiger charge is 2.29. The number of alkyl halides is 1. The summed E-state index contributed by atoms with van der Waals surface area (Å²) in [5.74, 6) is 0.113. The molecule has 0 spiro atoms. The lowest BCUT2D eigenvalue weighted by molar-refractivity contribution is 0.101. The first-order chi connectivity index (χ1) is 13.6. The second-order valence-electron chi connectivity index (χ2n) is 6.90. The number of anilines is 1. The molecule has 2 aromatic heterocycles. The molecule has 1 aliphatic heterocycles. The summed E-state index contributed by atoms with van der Waals surface area (Å²) in [6.07, 6.45) is 5.16. The first-order valence-electron chi connectivity index (χ1n) is 9.31. The molecule has 0 saturated carbocycles. The molecule has 0 bridgehead atoms. The van der Waals surface area contributed by atoms with Crippen molar-refractivity contribution >= 4 is 17.0 Å². The number of Topliss-reactive ketones (excluding diaryl/α,β-unsaturated/α-hetero) is 1. The molecule has 1 atom stereocenters. The number of halogens is 2. The zero-order valence-corrected chi connectivity index (χ0v) is 15.6.